The summed E-state index contributed by atoms with van der Waals surface area (Å²) < 4.78 is 0. The maximum atomic E-state index is 12.9. The number of anilines is 1. The van der Waals surface area contributed by atoms with Crippen LogP contribution in [0.15, 0.2) is 48.5 Å². The lowest BCUT2D eigenvalue weighted by Crippen LogP contribution is -2.19. The maximum Gasteiger partial charge on any atom is 0.225 e. The first-order valence-electron chi connectivity index (χ1n) is 13.7. The molecule has 1 heterocycles. The van der Waals surface area contributed by atoms with Gasteiger partial charge in [0.05, 0.1) is 23.7 Å². The van der Waals surface area contributed by atoms with Crippen LogP contribution < -0.4 is 5.32 Å². The molecule has 1 fully saturated rings. The van der Waals surface area contributed by atoms with E-state index in [1.807, 2.05) is 24.3 Å². The molecule has 1 aromatic heterocycles. The van der Waals surface area contributed by atoms with Gasteiger partial charge in [0.25, 0.3) is 0 Å². The highest BCUT2D eigenvalue weighted by Gasteiger charge is 2.23. The molecule has 188 valence electrons. The van der Waals surface area contributed by atoms with E-state index in [0.717, 1.165) is 72.7 Å². The van der Waals surface area contributed by atoms with Gasteiger partial charge in [-0.15, -0.1) is 0 Å². The zero-order valence-electron chi connectivity index (χ0n) is 21.1. The van der Waals surface area contributed by atoms with Crippen molar-refractivity contribution in [3.05, 3.63) is 76.6 Å². The second kappa shape index (κ2) is 11.8. The van der Waals surface area contributed by atoms with E-state index in [9.17, 15) is 9.90 Å². The molecule has 1 amide bonds. The molecule has 0 saturated heterocycles. The summed E-state index contributed by atoms with van der Waals surface area (Å²) in [4.78, 5) is 23.0. The molecule has 0 aliphatic heterocycles. The highest BCUT2D eigenvalue weighted by molar-refractivity contribution is 5.90. The predicted octanol–water partition coefficient (Wildman–Crippen LogP) is 6.21. The lowest BCUT2D eigenvalue weighted by atomic mass is 9.85. The van der Waals surface area contributed by atoms with Crippen LogP contribution in [0.5, 0.6) is 0 Å². The van der Waals surface area contributed by atoms with Crippen molar-refractivity contribution in [3.8, 4) is 11.3 Å². The van der Waals surface area contributed by atoms with E-state index in [-0.39, 0.29) is 12.5 Å². The number of aromatic nitrogens is 2. The van der Waals surface area contributed by atoms with Crippen LogP contribution in [0, 0.1) is 5.92 Å². The van der Waals surface area contributed by atoms with Gasteiger partial charge in [-0.3, -0.25) is 4.79 Å². The third-order valence-electron chi connectivity index (χ3n) is 7.76. The molecule has 2 aliphatic rings. The van der Waals surface area contributed by atoms with Crippen molar-refractivity contribution in [2.24, 2.45) is 5.92 Å². The highest BCUT2D eigenvalue weighted by Crippen LogP contribution is 2.35. The van der Waals surface area contributed by atoms with Crippen LogP contribution in [0.2, 0.25) is 0 Å². The van der Waals surface area contributed by atoms with Gasteiger partial charge >= 0.3 is 0 Å². The summed E-state index contributed by atoms with van der Waals surface area (Å²) in [6.45, 7) is 0.0493. The maximum absolute atomic E-state index is 12.9. The average molecular weight is 484 g/mol. The van der Waals surface area contributed by atoms with Crippen LogP contribution in [0.25, 0.3) is 11.3 Å². The van der Waals surface area contributed by atoms with Gasteiger partial charge in [-0.25, -0.2) is 9.97 Å². The van der Waals surface area contributed by atoms with Crippen molar-refractivity contribution < 1.29 is 9.90 Å². The molecule has 2 N–H and O–H groups in total. The zero-order valence-corrected chi connectivity index (χ0v) is 21.1. The summed E-state index contributed by atoms with van der Waals surface area (Å²) in [6, 6.07) is 16.4. The Balaban J connectivity index is 1.34. The van der Waals surface area contributed by atoms with Gasteiger partial charge in [0, 0.05) is 12.0 Å². The predicted molar refractivity (Wildman–Crippen MR) is 144 cm³/mol. The van der Waals surface area contributed by atoms with Gasteiger partial charge in [-0.2, -0.15) is 0 Å². The number of carbonyl (C=O) groups is 1. The number of carbonyl (C=O) groups excluding carboxylic acids is 1. The Morgan fingerprint density at radius 2 is 1.78 bits per heavy atom. The lowest BCUT2D eigenvalue weighted by Gasteiger charge is -2.23. The first kappa shape index (κ1) is 24.6. The number of aliphatic hydroxyl groups is 1. The van der Waals surface area contributed by atoms with E-state index in [2.05, 4.69) is 29.6 Å². The van der Waals surface area contributed by atoms with Crippen molar-refractivity contribution >= 4 is 11.7 Å². The first-order chi connectivity index (χ1) is 17.7. The molecule has 0 bridgehead atoms. The monoisotopic (exact) mass is 483 g/mol. The molecule has 5 nitrogen and oxygen atoms in total. The number of nitrogens with zero attached hydrogens (tertiary/aromatic N) is 2. The normalized spacial score (nSPS) is 15.2. The Hall–Kier alpha value is -3.05. The second-order valence-electron chi connectivity index (χ2n) is 10.4. The first-order valence-corrected chi connectivity index (χ1v) is 13.7. The summed E-state index contributed by atoms with van der Waals surface area (Å²) in [5.74, 6) is 1.41. The van der Waals surface area contributed by atoms with E-state index in [0.29, 0.717) is 12.2 Å². The Morgan fingerprint density at radius 3 is 2.58 bits per heavy atom. The largest absolute Gasteiger partial charge is 0.392 e. The standard InChI is InChI=1S/C31H37N3O2/c35-21-24-14-17-26-25(20-24)16-19-27-30(26)32-28(18-15-23-10-5-2-6-11-23)31(33-27)34-29(36)13-7-12-22-8-3-1-4-9-22/h1,3-4,8-9,14,17,20,23,35H,2,5-7,10-13,15-16,18-19,21H2,(H,33,34,36). The molecule has 0 spiro atoms. The fourth-order valence-corrected chi connectivity index (χ4v) is 5.71. The number of amides is 1. The van der Waals surface area contributed by atoms with Gasteiger partial charge in [-0.05, 0) is 61.1 Å². The number of nitrogens with one attached hydrogen (secondary N) is 1. The van der Waals surface area contributed by atoms with Crippen molar-refractivity contribution in [2.75, 3.05) is 5.32 Å². The molecule has 5 heteroatoms. The minimum absolute atomic E-state index is 0.0166. The topological polar surface area (TPSA) is 75.1 Å². The summed E-state index contributed by atoms with van der Waals surface area (Å²) in [6.07, 6.45) is 12.4. The highest BCUT2D eigenvalue weighted by atomic mass is 16.3. The summed E-state index contributed by atoms with van der Waals surface area (Å²) >= 11 is 0. The summed E-state index contributed by atoms with van der Waals surface area (Å²) in [7, 11) is 0. The number of hydrogen-bond acceptors (Lipinski definition) is 4. The minimum atomic E-state index is 0.0166. The van der Waals surface area contributed by atoms with Gasteiger partial charge in [0.15, 0.2) is 5.82 Å². The molecule has 0 unspecified atom stereocenters. The van der Waals surface area contributed by atoms with Crippen LogP contribution in [-0.2, 0) is 37.1 Å². The molecule has 2 aliphatic carbocycles. The lowest BCUT2D eigenvalue weighted by molar-refractivity contribution is -0.116. The van der Waals surface area contributed by atoms with Crippen molar-refractivity contribution in [1.29, 1.82) is 0 Å². The average Bonchev–Trinajstić information content (AvgIpc) is 2.92. The number of rotatable bonds is 9. The van der Waals surface area contributed by atoms with Crippen molar-refractivity contribution in [1.82, 2.24) is 9.97 Å². The van der Waals surface area contributed by atoms with E-state index in [4.69, 9.17) is 9.97 Å². The van der Waals surface area contributed by atoms with Crippen LogP contribution in [-0.4, -0.2) is 21.0 Å². The summed E-state index contributed by atoms with van der Waals surface area (Å²) in [5, 5.41) is 12.7. The zero-order chi connectivity index (χ0) is 24.7. The van der Waals surface area contributed by atoms with Crippen LogP contribution in [0.3, 0.4) is 0 Å². The number of hydrogen-bond donors (Lipinski definition) is 2. The third-order valence-corrected chi connectivity index (χ3v) is 7.76. The molecule has 5 rings (SSSR count). The SMILES string of the molecule is O=C(CCCc1ccccc1)Nc1nc2c(nc1CCC1CCCCC1)-c1ccc(CO)cc1CC2. The molecular weight excluding hydrogens is 446 g/mol. The van der Waals surface area contributed by atoms with E-state index >= 15 is 0 Å². The number of fused-ring (bicyclic) bond motifs is 3. The molecular formula is C31H37N3O2. The summed E-state index contributed by atoms with van der Waals surface area (Å²) in [5.41, 5.74) is 7.34. The van der Waals surface area contributed by atoms with Crippen LogP contribution >= 0.6 is 0 Å². The molecule has 3 aromatic rings. The Bertz CT molecular complexity index is 1190. The van der Waals surface area contributed by atoms with Crippen LogP contribution in [0.4, 0.5) is 5.82 Å². The Kier molecular flexibility index (Phi) is 8.07. The molecule has 0 radical (unpaired) electrons. The van der Waals surface area contributed by atoms with Gasteiger partial charge in [0.1, 0.15) is 0 Å². The third kappa shape index (κ3) is 6.01. The fraction of sp³-hybridized carbons (Fsp3) is 0.452. The van der Waals surface area contributed by atoms with Crippen LogP contribution in [0.1, 0.15) is 79.4 Å². The Morgan fingerprint density at radius 1 is 0.944 bits per heavy atom. The van der Waals surface area contributed by atoms with Gasteiger partial charge in [-0.1, -0.05) is 80.6 Å². The molecule has 36 heavy (non-hydrogen) atoms. The molecule has 1 saturated carbocycles. The van der Waals surface area contributed by atoms with Crippen molar-refractivity contribution in [2.45, 2.75) is 83.7 Å². The molecule has 2 aromatic carbocycles. The Labute approximate surface area is 214 Å². The smallest absolute Gasteiger partial charge is 0.225 e. The number of aryl methyl sites for hydroxylation is 4. The quantitative estimate of drug-likeness (QED) is 0.379. The molecule has 0 atom stereocenters. The minimum Gasteiger partial charge on any atom is -0.392 e. The number of benzene rings is 2. The van der Waals surface area contributed by atoms with Gasteiger partial charge in [0.2, 0.25) is 5.91 Å². The van der Waals surface area contributed by atoms with Gasteiger partial charge < -0.3 is 10.4 Å². The van der Waals surface area contributed by atoms with E-state index in [1.54, 1.807) is 0 Å². The second-order valence-corrected chi connectivity index (χ2v) is 10.4. The van der Waals surface area contributed by atoms with E-state index < -0.39 is 0 Å². The number of aliphatic hydroxyl groups excluding tert-OH is 1. The fourth-order valence-electron chi connectivity index (χ4n) is 5.71. The van der Waals surface area contributed by atoms with E-state index in [1.165, 1.54) is 43.2 Å². The van der Waals surface area contributed by atoms with Crippen molar-refractivity contribution in [3.63, 3.8) is 0 Å².